The standard InChI is InChI=1S/C28H34N2O11/c1-12(13(2)31)29-24(35)14(3)39-25(36)20(33)21(34)26(37)40-17-7-8-28(38)18-11-15-5-6-16(32)22-19(15)27(28,23(17)41-22)9-10-30(18)4/h5-7,12,14,18,20-21,23,31-34,38H,2,8-11H2,1,3-4H3,(H,29,35)/t12-,14-,18+,20+,21+,23-,27-,28+/m0/s1. The van der Waals surface area contributed by atoms with Crippen molar-refractivity contribution in [2.75, 3.05) is 13.6 Å². The van der Waals surface area contributed by atoms with Crippen LogP contribution in [0.4, 0.5) is 0 Å². The minimum atomic E-state index is -2.39. The summed E-state index contributed by atoms with van der Waals surface area (Å²) in [6, 6.07) is 2.22. The summed E-state index contributed by atoms with van der Waals surface area (Å²) in [6.45, 7) is 6.53. The van der Waals surface area contributed by atoms with E-state index in [9.17, 15) is 39.9 Å². The van der Waals surface area contributed by atoms with E-state index in [1.54, 1.807) is 6.07 Å². The van der Waals surface area contributed by atoms with E-state index in [2.05, 4.69) is 16.8 Å². The second kappa shape index (κ2) is 10.0. The van der Waals surface area contributed by atoms with Gasteiger partial charge in [-0.3, -0.25) is 4.79 Å². The third-order valence-corrected chi connectivity index (χ3v) is 8.87. The van der Waals surface area contributed by atoms with Gasteiger partial charge in [-0.05, 0) is 58.0 Å². The number of phenolic OH excluding ortho intramolecular Hbond substituents is 1. The molecule has 6 N–H and O–H groups in total. The lowest BCUT2D eigenvalue weighted by Gasteiger charge is -2.61. The highest BCUT2D eigenvalue weighted by Gasteiger charge is 2.72. The van der Waals surface area contributed by atoms with Crippen LogP contribution in [0.1, 0.15) is 37.8 Å². The first-order chi connectivity index (χ1) is 19.2. The number of piperidine rings is 1. The first-order valence-corrected chi connectivity index (χ1v) is 13.3. The average molecular weight is 575 g/mol. The van der Waals surface area contributed by atoms with Crippen molar-refractivity contribution >= 4 is 17.8 Å². The van der Waals surface area contributed by atoms with Crippen LogP contribution in [0.5, 0.6) is 11.5 Å². The summed E-state index contributed by atoms with van der Waals surface area (Å²) < 4.78 is 16.5. The number of carbonyl (C=O) groups is 3. The van der Waals surface area contributed by atoms with Crippen LogP contribution in [0.25, 0.3) is 0 Å². The molecule has 1 spiro atoms. The number of aliphatic hydroxyl groups excluding tert-OH is 3. The first kappa shape index (κ1) is 28.9. The molecule has 13 nitrogen and oxygen atoms in total. The smallest absolute Gasteiger partial charge is 0.343 e. The molecular formula is C28H34N2O11. The quantitative estimate of drug-likeness (QED) is 0.171. The summed E-state index contributed by atoms with van der Waals surface area (Å²) in [5, 5.41) is 55.1. The van der Waals surface area contributed by atoms with Crippen LogP contribution in [0.15, 0.2) is 36.3 Å². The molecule has 0 saturated carbocycles. The van der Waals surface area contributed by atoms with Gasteiger partial charge in [0, 0.05) is 18.0 Å². The number of nitrogens with zero attached hydrogens (tertiary/aromatic N) is 1. The van der Waals surface area contributed by atoms with Gasteiger partial charge in [-0.25, -0.2) is 9.59 Å². The van der Waals surface area contributed by atoms with Gasteiger partial charge in [0.2, 0.25) is 0 Å². The van der Waals surface area contributed by atoms with Gasteiger partial charge in [-0.2, -0.15) is 0 Å². The van der Waals surface area contributed by atoms with Crippen molar-refractivity contribution in [2.45, 2.75) is 80.6 Å². The highest BCUT2D eigenvalue weighted by molar-refractivity contribution is 5.88. The molecule has 1 amide bonds. The predicted octanol–water partition coefficient (Wildman–Crippen LogP) is -0.557. The SMILES string of the molecule is C=C(O)[C@H](C)NC(=O)[C@H](C)OC(=O)[C@H](O)[C@@H](O)C(=O)OC1=CC[C@@]2(O)[C@H]3Cc4ccc(O)c5c4[C@@]2(CCN3C)[C@H]1O5. The molecule has 222 valence electrons. The summed E-state index contributed by atoms with van der Waals surface area (Å²) in [6.07, 6.45) is -4.68. The number of hydrogen-bond acceptors (Lipinski definition) is 12. The molecule has 4 aliphatic rings. The Balaban J connectivity index is 1.33. The summed E-state index contributed by atoms with van der Waals surface area (Å²) >= 11 is 0. The molecule has 2 aliphatic heterocycles. The van der Waals surface area contributed by atoms with Gasteiger partial charge in [0.05, 0.1) is 17.1 Å². The summed E-state index contributed by atoms with van der Waals surface area (Å²) in [5.74, 6) is -3.92. The normalized spacial score (nSPS) is 30.4. The Hall–Kier alpha value is -3.65. The minimum Gasteiger partial charge on any atom is -0.511 e. The zero-order valence-electron chi connectivity index (χ0n) is 22.9. The van der Waals surface area contributed by atoms with Gasteiger partial charge < -0.3 is 50.0 Å². The Morgan fingerprint density at radius 3 is 2.56 bits per heavy atom. The van der Waals surface area contributed by atoms with Crippen molar-refractivity contribution in [1.82, 2.24) is 10.2 Å². The lowest BCUT2D eigenvalue weighted by molar-refractivity contribution is -0.181. The van der Waals surface area contributed by atoms with E-state index in [0.717, 1.165) is 5.56 Å². The van der Waals surface area contributed by atoms with Crippen LogP contribution < -0.4 is 10.1 Å². The summed E-state index contributed by atoms with van der Waals surface area (Å²) in [4.78, 5) is 39.5. The zero-order chi connectivity index (χ0) is 30.0. The van der Waals surface area contributed by atoms with Crippen molar-refractivity contribution in [3.63, 3.8) is 0 Å². The number of carbonyl (C=O) groups excluding carboxylic acids is 3. The first-order valence-electron chi connectivity index (χ1n) is 13.3. The van der Waals surface area contributed by atoms with Crippen molar-refractivity contribution in [3.05, 3.63) is 47.4 Å². The lowest BCUT2D eigenvalue weighted by Crippen LogP contribution is -2.74. The minimum absolute atomic E-state index is 0.0305. The number of likely N-dealkylation sites (N-methyl/N-ethyl adjacent to an activating group) is 1. The predicted molar refractivity (Wildman–Crippen MR) is 140 cm³/mol. The number of rotatable bonds is 8. The molecule has 1 aromatic rings. The van der Waals surface area contributed by atoms with Gasteiger partial charge >= 0.3 is 11.9 Å². The fourth-order valence-electron chi connectivity index (χ4n) is 6.58. The Morgan fingerprint density at radius 1 is 1.20 bits per heavy atom. The Kier molecular flexibility index (Phi) is 7.05. The highest BCUT2D eigenvalue weighted by Crippen LogP contribution is 2.65. The van der Waals surface area contributed by atoms with Gasteiger partial charge in [-0.1, -0.05) is 12.6 Å². The van der Waals surface area contributed by atoms with E-state index in [0.29, 0.717) is 24.9 Å². The summed E-state index contributed by atoms with van der Waals surface area (Å²) in [5.41, 5.74) is -0.765. The fraction of sp³-hybridized carbons (Fsp3) is 0.536. The molecule has 1 fully saturated rings. The second-order valence-corrected chi connectivity index (χ2v) is 11.2. The fourth-order valence-corrected chi connectivity index (χ4v) is 6.58. The molecule has 0 aromatic heterocycles. The van der Waals surface area contributed by atoms with Crippen LogP contribution in [-0.2, 0) is 35.7 Å². The van der Waals surface area contributed by atoms with E-state index >= 15 is 0 Å². The molecule has 5 rings (SSSR count). The third kappa shape index (κ3) is 4.26. The van der Waals surface area contributed by atoms with Crippen molar-refractivity contribution < 1.29 is 54.1 Å². The molecule has 41 heavy (non-hydrogen) atoms. The number of nitrogens with one attached hydrogen (secondary N) is 1. The molecular weight excluding hydrogens is 540 g/mol. The molecule has 13 heteroatoms. The van der Waals surface area contributed by atoms with Crippen LogP contribution in [-0.4, -0.2) is 104 Å². The molecule has 2 aliphatic carbocycles. The highest BCUT2D eigenvalue weighted by atomic mass is 16.6. The van der Waals surface area contributed by atoms with Crippen LogP contribution >= 0.6 is 0 Å². The largest absolute Gasteiger partial charge is 0.511 e. The maximum Gasteiger partial charge on any atom is 0.343 e. The number of ether oxygens (including phenoxy) is 3. The summed E-state index contributed by atoms with van der Waals surface area (Å²) in [7, 11) is 1.93. The maximum atomic E-state index is 12.9. The zero-order valence-corrected chi connectivity index (χ0v) is 22.9. The maximum absolute atomic E-state index is 12.9. The molecule has 0 radical (unpaired) electrons. The Morgan fingerprint density at radius 2 is 1.88 bits per heavy atom. The topological polar surface area (TPSA) is 195 Å². The van der Waals surface area contributed by atoms with E-state index in [1.165, 1.54) is 26.0 Å². The number of benzene rings is 1. The molecule has 1 saturated heterocycles. The van der Waals surface area contributed by atoms with Crippen LogP contribution in [0.3, 0.4) is 0 Å². The molecule has 1 aromatic carbocycles. The average Bonchev–Trinajstić information content (AvgIpc) is 3.28. The number of hydrogen-bond donors (Lipinski definition) is 6. The van der Waals surface area contributed by atoms with E-state index in [4.69, 9.17) is 14.2 Å². The van der Waals surface area contributed by atoms with E-state index in [1.807, 2.05) is 7.05 Å². The van der Waals surface area contributed by atoms with Crippen molar-refractivity contribution in [3.8, 4) is 11.5 Å². The molecule has 0 unspecified atom stereocenters. The molecule has 2 heterocycles. The van der Waals surface area contributed by atoms with Crippen molar-refractivity contribution in [2.24, 2.45) is 0 Å². The van der Waals surface area contributed by atoms with Crippen LogP contribution in [0.2, 0.25) is 0 Å². The number of phenols is 1. The number of aliphatic hydroxyl groups is 4. The van der Waals surface area contributed by atoms with Gasteiger partial charge in [0.1, 0.15) is 11.5 Å². The lowest BCUT2D eigenvalue weighted by atomic mass is 9.50. The monoisotopic (exact) mass is 574 g/mol. The number of esters is 2. The Bertz CT molecular complexity index is 1340. The van der Waals surface area contributed by atoms with Crippen LogP contribution in [0, 0.1) is 0 Å². The van der Waals surface area contributed by atoms with Crippen molar-refractivity contribution in [1.29, 1.82) is 0 Å². The van der Waals surface area contributed by atoms with Gasteiger partial charge in [0.15, 0.2) is 35.9 Å². The number of aromatic hydroxyl groups is 1. The number of likely N-dealkylation sites (tertiary alicyclic amines) is 1. The number of amides is 1. The second-order valence-electron chi connectivity index (χ2n) is 11.2. The molecule has 2 bridgehead atoms. The molecule has 8 atom stereocenters. The third-order valence-electron chi connectivity index (χ3n) is 8.87. The van der Waals surface area contributed by atoms with E-state index in [-0.39, 0.29) is 35.5 Å². The Labute approximate surface area is 235 Å². The van der Waals surface area contributed by atoms with Gasteiger partial charge in [-0.15, -0.1) is 0 Å². The van der Waals surface area contributed by atoms with Gasteiger partial charge in [0.25, 0.3) is 5.91 Å². The van der Waals surface area contributed by atoms with E-state index < -0.39 is 59.3 Å².